The molecule has 0 aromatic heterocycles. The van der Waals surface area contributed by atoms with E-state index in [1.165, 1.54) is 11.1 Å². The van der Waals surface area contributed by atoms with E-state index in [0.29, 0.717) is 6.54 Å². The molecule has 0 aliphatic rings. The SMILES string of the molecule is COc1cc(C)c(CCCN)c(Br)c1OC. The van der Waals surface area contributed by atoms with Gasteiger partial charge in [0.1, 0.15) is 0 Å². The van der Waals surface area contributed by atoms with Crippen LogP contribution in [0, 0.1) is 6.92 Å². The largest absolute Gasteiger partial charge is 0.493 e. The summed E-state index contributed by atoms with van der Waals surface area (Å²) >= 11 is 3.57. The van der Waals surface area contributed by atoms with Gasteiger partial charge in [-0.1, -0.05) is 0 Å². The maximum absolute atomic E-state index is 5.53. The monoisotopic (exact) mass is 287 g/mol. The number of benzene rings is 1. The zero-order valence-electron chi connectivity index (χ0n) is 9.97. The predicted molar refractivity (Wildman–Crippen MR) is 69.4 cm³/mol. The number of hydrogen-bond acceptors (Lipinski definition) is 3. The smallest absolute Gasteiger partial charge is 0.175 e. The first-order valence-corrected chi connectivity index (χ1v) is 6.05. The molecule has 4 heteroatoms. The molecule has 0 saturated heterocycles. The number of halogens is 1. The molecule has 90 valence electrons. The lowest BCUT2D eigenvalue weighted by Crippen LogP contribution is -2.03. The lowest BCUT2D eigenvalue weighted by atomic mass is 10.0. The molecule has 2 N–H and O–H groups in total. The van der Waals surface area contributed by atoms with Crippen LogP contribution >= 0.6 is 15.9 Å². The Morgan fingerprint density at radius 3 is 2.50 bits per heavy atom. The lowest BCUT2D eigenvalue weighted by molar-refractivity contribution is 0.352. The van der Waals surface area contributed by atoms with Gasteiger partial charge in [0.05, 0.1) is 18.7 Å². The molecule has 1 aromatic carbocycles. The molecule has 0 heterocycles. The molecule has 0 aliphatic heterocycles. The Kier molecular flexibility index (Phi) is 5.09. The quantitative estimate of drug-likeness (QED) is 0.906. The lowest BCUT2D eigenvalue weighted by Gasteiger charge is -2.15. The highest BCUT2D eigenvalue weighted by Crippen LogP contribution is 2.39. The zero-order valence-corrected chi connectivity index (χ0v) is 11.6. The first-order valence-electron chi connectivity index (χ1n) is 5.25. The van der Waals surface area contributed by atoms with E-state index < -0.39 is 0 Å². The van der Waals surface area contributed by atoms with E-state index in [0.717, 1.165) is 28.8 Å². The van der Waals surface area contributed by atoms with Gasteiger partial charge in [0.25, 0.3) is 0 Å². The maximum atomic E-state index is 5.53. The van der Waals surface area contributed by atoms with Crippen molar-refractivity contribution in [1.82, 2.24) is 0 Å². The Balaban J connectivity index is 3.18. The van der Waals surface area contributed by atoms with Crippen molar-refractivity contribution < 1.29 is 9.47 Å². The van der Waals surface area contributed by atoms with Gasteiger partial charge in [0.2, 0.25) is 0 Å². The van der Waals surface area contributed by atoms with E-state index in [4.69, 9.17) is 15.2 Å². The fraction of sp³-hybridized carbons (Fsp3) is 0.500. The molecule has 1 aromatic rings. The van der Waals surface area contributed by atoms with Gasteiger partial charge < -0.3 is 15.2 Å². The Hall–Kier alpha value is -0.740. The first-order chi connectivity index (χ1) is 7.65. The molecular weight excluding hydrogens is 270 g/mol. The molecule has 0 spiro atoms. The second-order valence-corrected chi connectivity index (χ2v) is 4.41. The molecular formula is C12H18BrNO2. The minimum Gasteiger partial charge on any atom is -0.493 e. The van der Waals surface area contributed by atoms with Crippen LogP contribution in [-0.4, -0.2) is 20.8 Å². The Morgan fingerprint density at radius 1 is 1.31 bits per heavy atom. The Bertz CT molecular complexity index is 367. The van der Waals surface area contributed by atoms with Crippen molar-refractivity contribution in [1.29, 1.82) is 0 Å². The van der Waals surface area contributed by atoms with Crippen LogP contribution in [0.2, 0.25) is 0 Å². The van der Waals surface area contributed by atoms with E-state index in [1.54, 1.807) is 14.2 Å². The number of ether oxygens (including phenoxy) is 2. The Morgan fingerprint density at radius 2 is 2.00 bits per heavy atom. The van der Waals surface area contributed by atoms with Crippen LogP contribution in [0.5, 0.6) is 11.5 Å². The molecule has 0 saturated carbocycles. The molecule has 0 atom stereocenters. The minimum absolute atomic E-state index is 0.695. The van der Waals surface area contributed by atoms with Gasteiger partial charge in [-0.15, -0.1) is 0 Å². The van der Waals surface area contributed by atoms with Crippen molar-refractivity contribution in [3.8, 4) is 11.5 Å². The molecule has 0 unspecified atom stereocenters. The van der Waals surface area contributed by atoms with Crippen molar-refractivity contribution in [3.63, 3.8) is 0 Å². The number of methoxy groups -OCH3 is 2. The highest BCUT2D eigenvalue weighted by molar-refractivity contribution is 9.10. The van der Waals surface area contributed by atoms with Crippen LogP contribution in [0.1, 0.15) is 17.5 Å². The van der Waals surface area contributed by atoms with Gasteiger partial charge in [0.15, 0.2) is 11.5 Å². The van der Waals surface area contributed by atoms with Crippen LogP contribution in [0.4, 0.5) is 0 Å². The summed E-state index contributed by atoms with van der Waals surface area (Å²) in [6.07, 6.45) is 1.91. The first kappa shape index (κ1) is 13.3. The molecule has 0 aliphatic carbocycles. The average Bonchev–Trinajstić information content (AvgIpc) is 2.28. The summed E-state index contributed by atoms with van der Waals surface area (Å²) in [6.45, 7) is 2.76. The van der Waals surface area contributed by atoms with Crippen molar-refractivity contribution in [2.45, 2.75) is 19.8 Å². The summed E-state index contributed by atoms with van der Waals surface area (Å²) in [5.41, 5.74) is 7.96. The fourth-order valence-corrected chi connectivity index (χ4v) is 2.56. The van der Waals surface area contributed by atoms with Crippen LogP contribution in [0.25, 0.3) is 0 Å². The van der Waals surface area contributed by atoms with E-state index in [2.05, 4.69) is 22.9 Å². The molecule has 0 bridgehead atoms. The van der Waals surface area contributed by atoms with Crippen LogP contribution in [0.15, 0.2) is 10.5 Å². The second-order valence-electron chi connectivity index (χ2n) is 3.61. The highest BCUT2D eigenvalue weighted by atomic mass is 79.9. The summed E-state index contributed by atoms with van der Waals surface area (Å²) in [5.74, 6) is 1.50. The molecule has 16 heavy (non-hydrogen) atoms. The summed E-state index contributed by atoms with van der Waals surface area (Å²) in [7, 11) is 3.29. The van der Waals surface area contributed by atoms with Crippen LogP contribution in [0.3, 0.4) is 0 Å². The van der Waals surface area contributed by atoms with Gasteiger partial charge in [-0.3, -0.25) is 0 Å². The number of rotatable bonds is 5. The summed E-state index contributed by atoms with van der Waals surface area (Å²) in [4.78, 5) is 0. The van der Waals surface area contributed by atoms with Crippen molar-refractivity contribution >= 4 is 15.9 Å². The summed E-state index contributed by atoms with van der Waals surface area (Å²) in [6, 6.07) is 2.00. The molecule has 0 radical (unpaired) electrons. The van der Waals surface area contributed by atoms with Gasteiger partial charge in [0, 0.05) is 0 Å². The van der Waals surface area contributed by atoms with E-state index in [1.807, 2.05) is 6.07 Å². The highest BCUT2D eigenvalue weighted by Gasteiger charge is 2.15. The van der Waals surface area contributed by atoms with Gasteiger partial charge in [-0.2, -0.15) is 0 Å². The van der Waals surface area contributed by atoms with Gasteiger partial charge in [-0.05, 0) is 59.4 Å². The number of aryl methyl sites for hydroxylation is 1. The van der Waals surface area contributed by atoms with Crippen molar-refractivity contribution in [2.75, 3.05) is 20.8 Å². The van der Waals surface area contributed by atoms with E-state index >= 15 is 0 Å². The maximum Gasteiger partial charge on any atom is 0.175 e. The number of hydrogen-bond donors (Lipinski definition) is 1. The van der Waals surface area contributed by atoms with Gasteiger partial charge >= 0.3 is 0 Å². The predicted octanol–water partition coefficient (Wildman–Crippen LogP) is 2.67. The second kappa shape index (κ2) is 6.11. The minimum atomic E-state index is 0.695. The third-order valence-corrected chi connectivity index (χ3v) is 3.41. The molecule has 0 fully saturated rings. The van der Waals surface area contributed by atoms with E-state index in [9.17, 15) is 0 Å². The van der Waals surface area contributed by atoms with Gasteiger partial charge in [-0.25, -0.2) is 0 Å². The Labute approximate surface area is 105 Å². The summed E-state index contributed by atoms with van der Waals surface area (Å²) in [5, 5.41) is 0. The molecule has 3 nitrogen and oxygen atoms in total. The summed E-state index contributed by atoms with van der Waals surface area (Å²) < 4.78 is 11.6. The fourth-order valence-electron chi connectivity index (χ4n) is 1.70. The number of nitrogens with two attached hydrogens (primary N) is 1. The van der Waals surface area contributed by atoms with Crippen molar-refractivity contribution in [3.05, 3.63) is 21.7 Å². The van der Waals surface area contributed by atoms with Crippen molar-refractivity contribution in [2.24, 2.45) is 5.73 Å². The topological polar surface area (TPSA) is 44.5 Å². The van der Waals surface area contributed by atoms with Crippen LogP contribution < -0.4 is 15.2 Å². The van der Waals surface area contributed by atoms with Crippen LogP contribution in [-0.2, 0) is 6.42 Å². The standard InChI is InChI=1S/C12H18BrNO2/c1-8-7-10(15-2)12(16-3)11(13)9(8)5-4-6-14/h7H,4-6,14H2,1-3H3. The zero-order chi connectivity index (χ0) is 12.1. The molecule has 0 amide bonds. The normalized spacial score (nSPS) is 10.3. The average molecular weight is 288 g/mol. The van der Waals surface area contributed by atoms with E-state index in [-0.39, 0.29) is 0 Å². The third kappa shape index (κ3) is 2.68. The molecule has 1 rings (SSSR count). The third-order valence-electron chi connectivity index (χ3n) is 2.57.